The van der Waals surface area contributed by atoms with Gasteiger partial charge in [0.05, 0.1) is 0 Å². The maximum atomic E-state index is 13.9. The monoisotopic (exact) mass is 243 g/mol. The number of nitrogens with two attached hydrogens (primary N) is 1. The van der Waals surface area contributed by atoms with Crippen LogP contribution in [0.1, 0.15) is 26.3 Å². The van der Waals surface area contributed by atoms with Crippen molar-refractivity contribution in [1.82, 2.24) is 0 Å². The minimum absolute atomic E-state index is 0.0503. The van der Waals surface area contributed by atoms with Gasteiger partial charge in [-0.3, -0.25) is 0 Å². The third kappa shape index (κ3) is 2.37. The Bertz CT molecular complexity index is 568. The molecule has 0 atom stereocenters. The predicted molar refractivity (Wildman–Crippen MR) is 74.9 cm³/mol. The second kappa shape index (κ2) is 4.45. The average Bonchev–Trinajstić information content (AvgIpc) is 2.27. The standard InChI is InChI=1S/C16H18FN/c1-16(2,3)14-9-8-11(18)10-13(14)12-6-4-5-7-15(12)17/h4-10H,18H2,1-3H3. The molecule has 2 heteroatoms. The average molecular weight is 243 g/mol. The van der Waals surface area contributed by atoms with E-state index >= 15 is 0 Å². The summed E-state index contributed by atoms with van der Waals surface area (Å²) in [5.74, 6) is -0.214. The van der Waals surface area contributed by atoms with Gasteiger partial charge in [-0.1, -0.05) is 45.0 Å². The molecule has 0 aliphatic heterocycles. The topological polar surface area (TPSA) is 26.0 Å². The minimum atomic E-state index is -0.214. The maximum absolute atomic E-state index is 13.9. The van der Waals surface area contributed by atoms with E-state index in [1.54, 1.807) is 12.1 Å². The lowest BCUT2D eigenvalue weighted by molar-refractivity contribution is 0.590. The molecule has 0 radical (unpaired) electrons. The minimum Gasteiger partial charge on any atom is -0.399 e. The molecule has 0 heterocycles. The summed E-state index contributed by atoms with van der Waals surface area (Å²) in [6.45, 7) is 6.34. The van der Waals surface area contributed by atoms with Crippen molar-refractivity contribution in [2.45, 2.75) is 26.2 Å². The second-order valence-electron chi connectivity index (χ2n) is 5.53. The summed E-state index contributed by atoms with van der Waals surface area (Å²) < 4.78 is 13.9. The highest BCUT2D eigenvalue weighted by Crippen LogP contribution is 2.35. The van der Waals surface area contributed by atoms with Gasteiger partial charge in [-0.05, 0) is 34.7 Å². The fourth-order valence-electron chi connectivity index (χ4n) is 2.12. The van der Waals surface area contributed by atoms with Crippen LogP contribution in [0.2, 0.25) is 0 Å². The predicted octanol–water partition coefficient (Wildman–Crippen LogP) is 4.37. The van der Waals surface area contributed by atoms with Gasteiger partial charge in [0.1, 0.15) is 5.82 Å². The van der Waals surface area contributed by atoms with Crippen LogP contribution in [0.3, 0.4) is 0 Å². The molecular weight excluding hydrogens is 225 g/mol. The molecule has 0 fully saturated rings. The maximum Gasteiger partial charge on any atom is 0.131 e. The molecular formula is C16H18FN. The van der Waals surface area contributed by atoms with Crippen LogP contribution in [0.4, 0.5) is 10.1 Å². The van der Waals surface area contributed by atoms with Crippen molar-refractivity contribution >= 4 is 5.69 Å². The van der Waals surface area contributed by atoms with E-state index in [1.807, 2.05) is 24.3 Å². The Hall–Kier alpha value is -1.83. The molecule has 2 rings (SSSR count). The Labute approximate surface area is 107 Å². The van der Waals surface area contributed by atoms with Gasteiger partial charge in [-0.15, -0.1) is 0 Å². The molecule has 2 aromatic rings. The Balaban J connectivity index is 2.70. The van der Waals surface area contributed by atoms with E-state index in [9.17, 15) is 4.39 Å². The van der Waals surface area contributed by atoms with Gasteiger partial charge in [-0.2, -0.15) is 0 Å². The molecule has 2 N–H and O–H groups in total. The molecule has 94 valence electrons. The summed E-state index contributed by atoms with van der Waals surface area (Å²) in [6.07, 6.45) is 0. The van der Waals surface area contributed by atoms with Gasteiger partial charge in [0, 0.05) is 11.3 Å². The van der Waals surface area contributed by atoms with Crippen LogP contribution in [0.5, 0.6) is 0 Å². The van der Waals surface area contributed by atoms with Crippen molar-refractivity contribution in [1.29, 1.82) is 0 Å². The van der Waals surface area contributed by atoms with Crippen molar-refractivity contribution in [2.24, 2.45) is 0 Å². The lowest BCUT2D eigenvalue weighted by atomic mass is 9.81. The van der Waals surface area contributed by atoms with Crippen LogP contribution in [-0.4, -0.2) is 0 Å². The molecule has 0 aromatic heterocycles. The SMILES string of the molecule is CC(C)(C)c1ccc(N)cc1-c1ccccc1F. The molecule has 0 bridgehead atoms. The highest BCUT2D eigenvalue weighted by molar-refractivity contribution is 5.72. The molecule has 2 aromatic carbocycles. The molecule has 0 saturated heterocycles. The number of benzene rings is 2. The molecule has 0 spiro atoms. The van der Waals surface area contributed by atoms with E-state index in [-0.39, 0.29) is 11.2 Å². The van der Waals surface area contributed by atoms with Crippen LogP contribution >= 0.6 is 0 Å². The van der Waals surface area contributed by atoms with Crippen LogP contribution in [0.25, 0.3) is 11.1 Å². The Morgan fingerprint density at radius 2 is 1.61 bits per heavy atom. The van der Waals surface area contributed by atoms with Crippen molar-refractivity contribution < 1.29 is 4.39 Å². The van der Waals surface area contributed by atoms with E-state index in [0.29, 0.717) is 11.3 Å². The first-order chi connectivity index (χ1) is 8.39. The van der Waals surface area contributed by atoms with Gasteiger partial charge in [0.15, 0.2) is 0 Å². The van der Waals surface area contributed by atoms with E-state index in [2.05, 4.69) is 20.8 Å². The zero-order valence-corrected chi connectivity index (χ0v) is 11.0. The van der Waals surface area contributed by atoms with E-state index in [0.717, 1.165) is 11.1 Å². The molecule has 0 aliphatic carbocycles. The third-order valence-corrected chi connectivity index (χ3v) is 3.02. The molecule has 0 unspecified atom stereocenters. The summed E-state index contributed by atoms with van der Waals surface area (Å²) in [5, 5.41) is 0. The lowest BCUT2D eigenvalue weighted by Crippen LogP contribution is -2.13. The number of hydrogen-bond acceptors (Lipinski definition) is 1. The summed E-state index contributed by atoms with van der Waals surface area (Å²) in [7, 11) is 0. The van der Waals surface area contributed by atoms with Crippen LogP contribution in [0.15, 0.2) is 42.5 Å². The van der Waals surface area contributed by atoms with Gasteiger partial charge < -0.3 is 5.73 Å². The van der Waals surface area contributed by atoms with E-state index in [4.69, 9.17) is 5.73 Å². The lowest BCUT2D eigenvalue weighted by Gasteiger charge is -2.23. The third-order valence-electron chi connectivity index (χ3n) is 3.02. The summed E-state index contributed by atoms with van der Waals surface area (Å²) in [5.41, 5.74) is 9.02. The fraction of sp³-hybridized carbons (Fsp3) is 0.250. The van der Waals surface area contributed by atoms with Gasteiger partial charge in [0.25, 0.3) is 0 Å². The highest BCUT2D eigenvalue weighted by atomic mass is 19.1. The van der Waals surface area contributed by atoms with Gasteiger partial charge in [0.2, 0.25) is 0 Å². The van der Waals surface area contributed by atoms with E-state index < -0.39 is 0 Å². The quantitative estimate of drug-likeness (QED) is 0.739. The van der Waals surface area contributed by atoms with Crippen molar-refractivity contribution in [3.8, 4) is 11.1 Å². The van der Waals surface area contributed by atoms with Crippen LogP contribution in [-0.2, 0) is 5.41 Å². The summed E-state index contributed by atoms with van der Waals surface area (Å²) >= 11 is 0. The van der Waals surface area contributed by atoms with E-state index in [1.165, 1.54) is 6.07 Å². The zero-order valence-electron chi connectivity index (χ0n) is 11.0. The molecule has 0 aliphatic rings. The normalized spacial score (nSPS) is 11.6. The molecule has 18 heavy (non-hydrogen) atoms. The largest absolute Gasteiger partial charge is 0.399 e. The summed E-state index contributed by atoms with van der Waals surface area (Å²) in [4.78, 5) is 0. The highest BCUT2D eigenvalue weighted by Gasteiger charge is 2.20. The van der Waals surface area contributed by atoms with Gasteiger partial charge in [-0.25, -0.2) is 4.39 Å². The van der Waals surface area contributed by atoms with Crippen LogP contribution < -0.4 is 5.73 Å². The Kier molecular flexibility index (Phi) is 3.12. The first-order valence-electron chi connectivity index (χ1n) is 6.04. The summed E-state index contributed by atoms with van der Waals surface area (Å²) in [6, 6.07) is 12.5. The van der Waals surface area contributed by atoms with Crippen LogP contribution in [0, 0.1) is 5.82 Å². The smallest absolute Gasteiger partial charge is 0.131 e. The molecule has 0 saturated carbocycles. The molecule has 0 amide bonds. The fourth-order valence-corrected chi connectivity index (χ4v) is 2.12. The Morgan fingerprint density at radius 1 is 0.944 bits per heavy atom. The number of halogens is 1. The number of hydrogen-bond donors (Lipinski definition) is 1. The first kappa shape index (κ1) is 12.6. The number of nitrogen functional groups attached to an aromatic ring is 1. The number of anilines is 1. The van der Waals surface area contributed by atoms with Crippen molar-refractivity contribution in [2.75, 3.05) is 5.73 Å². The number of rotatable bonds is 1. The molecule has 1 nitrogen and oxygen atoms in total. The van der Waals surface area contributed by atoms with Crippen molar-refractivity contribution in [3.63, 3.8) is 0 Å². The zero-order chi connectivity index (χ0) is 13.3. The van der Waals surface area contributed by atoms with Gasteiger partial charge >= 0.3 is 0 Å². The first-order valence-corrected chi connectivity index (χ1v) is 6.04. The Morgan fingerprint density at radius 3 is 2.22 bits per heavy atom. The second-order valence-corrected chi connectivity index (χ2v) is 5.53. The van der Waals surface area contributed by atoms with Crippen molar-refractivity contribution in [3.05, 3.63) is 53.8 Å².